The van der Waals surface area contributed by atoms with Crippen molar-refractivity contribution in [2.45, 2.75) is 19.2 Å². The zero-order valence-electron chi connectivity index (χ0n) is 13.0. The van der Waals surface area contributed by atoms with Crippen LogP contribution in [-0.2, 0) is 17.8 Å². The van der Waals surface area contributed by atoms with Crippen LogP contribution < -0.4 is 0 Å². The number of morpholine rings is 1. The molecule has 1 fully saturated rings. The molecule has 1 atom stereocenters. The summed E-state index contributed by atoms with van der Waals surface area (Å²) in [6.45, 7) is 3.57. The number of rotatable bonds is 5. The molecule has 4 rings (SSSR count). The van der Waals surface area contributed by atoms with E-state index in [9.17, 15) is 0 Å². The van der Waals surface area contributed by atoms with Gasteiger partial charge in [-0.05, 0) is 12.1 Å². The average Bonchev–Trinajstić information content (AvgIpc) is 3.28. The van der Waals surface area contributed by atoms with Gasteiger partial charge in [0, 0.05) is 31.0 Å². The van der Waals surface area contributed by atoms with Gasteiger partial charge in [-0.25, -0.2) is 4.98 Å². The molecule has 24 heavy (non-hydrogen) atoms. The summed E-state index contributed by atoms with van der Waals surface area (Å²) in [5.74, 6) is 1.15. The molecule has 0 unspecified atom stereocenters. The summed E-state index contributed by atoms with van der Waals surface area (Å²) in [5, 5.41) is 8.14. The molecule has 0 amide bonds. The lowest BCUT2D eigenvalue weighted by Gasteiger charge is -2.31. The van der Waals surface area contributed by atoms with Crippen molar-refractivity contribution in [3.63, 3.8) is 0 Å². The van der Waals surface area contributed by atoms with Crippen molar-refractivity contribution in [1.82, 2.24) is 34.8 Å². The molecular formula is C15H17N7O2. The molecule has 1 aliphatic heterocycles. The molecule has 9 heteroatoms. The van der Waals surface area contributed by atoms with E-state index in [1.165, 1.54) is 6.33 Å². The van der Waals surface area contributed by atoms with Crippen LogP contribution in [-0.4, -0.2) is 60.6 Å². The lowest BCUT2D eigenvalue weighted by molar-refractivity contribution is -0.0426. The third kappa shape index (κ3) is 3.47. The fourth-order valence-corrected chi connectivity index (χ4v) is 2.69. The van der Waals surface area contributed by atoms with E-state index in [0.717, 1.165) is 18.7 Å². The minimum absolute atomic E-state index is 0.0705. The first-order chi connectivity index (χ1) is 11.9. The summed E-state index contributed by atoms with van der Waals surface area (Å²) >= 11 is 0. The van der Waals surface area contributed by atoms with Crippen LogP contribution in [0.15, 0.2) is 41.7 Å². The SMILES string of the molecule is c1cncc(-c2noc(CN3CCO[C@H](Cn4cncn4)C3)n2)c1. The first-order valence-electron chi connectivity index (χ1n) is 7.76. The van der Waals surface area contributed by atoms with Gasteiger partial charge in [-0.1, -0.05) is 5.16 Å². The number of ether oxygens (including phenoxy) is 1. The minimum Gasteiger partial charge on any atom is -0.374 e. The second kappa shape index (κ2) is 6.85. The maximum Gasteiger partial charge on any atom is 0.241 e. The Balaban J connectivity index is 1.37. The monoisotopic (exact) mass is 327 g/mol. The first-order valence-corrected chi connectivity index (χ1v) is 7.76. The highest BCUT2D eigenvalue weighted by atomic mass is 16.5. The Morgan fingerprint density at radius 2 is 2.29 bits per heavy atom. The Hall–Kier alpha value is -2.65. The van der Waals surface area contributed by atoms with Crippen LogP contribution in [0.2, 0.25) is 0 Å². The fraction of sp³-hybridized carbons (Fsp3) is 0.400. The highest BCUT2D eigenvalue weighted by Crippen LogP contribution is 2.16. The number of pyridine rings is 1. The van der Waals surface area contributed by atoms with Crippen LogP contribution in [0.25, 0.3) is 11.4 Å². The van der Waals surface area contributed by atoms with Crippen molar-refractivity contribution in [3.05, 3.63) is 43.1 Å². The zero-order chi connectivity index (χ0) is 16.2. The zero-order valence-corrected chi connectivity index (χ0v) is 13.0. The predicted octanol–water partition coefficient (Wildman–Crippen LogP) is 0.624. The van der Waals surface area contributed by atoms with Crippen LogP contribution in [0.5, 0.6) is 0 Å². The molecule has 1 aliphatic rings. The summed E-state index contributed by atoms with van der Waals surface area (Å²) in [4.78, 5) is 14.7. The Labute approximate surface area is 138 Å². The third-order valence-electron chi connectivity index (χ3n) is 3.83. The van der Waals surface area contributed by atoms with Crippen LogP contribution in [0.4, 0.5) is 0 Å². The molecule has 3 aromatic heterocycles. The molecule has 0 saturated carbocycles. The molecule has 0 N–H and O–H groups in total. The molecule has 0 bridgehead atoms. The van der Waals surface area contributed by atoms with Gasteiger partial charge >= 0.3 is 0 Å². The van der Waals surface area contributed by atoms with Crippen molar-refractivity contribution < 1.29 is 9.26 Å². The van der Waals surface area contributed by atoms with E-state index in [-0.39, 0.29) is 6.10 Å². The highest BCUT2D eigenvalue weighted by Gasteiger charge is 2.23. The molecule has 0 radical (unpaired) electrons. The van der Waals surface area contributed by atoms with E-state index in [0.29, 0.717) is 31.4 Å². The Bertz CT molecular complexity index is 759. The molecule has 0 aromatic carbocycles. The van der Waals surface area contributed by atoms with E-state index in [1.54, 1.807) is 23.4 Å². The lowest BCUT2D eigenvalue weighted by Crippen LogP contribution is -2.43. The Kier molecular flexibility index (Phi) is 4.26. The van der Waals surface area contributed by atoms with E-state index < -0.39 is 0 Å². The number of hydrogen-bond donors (Lipinski definition) is 0. The van der Waals surface area contributed by atoms with Gasteiger partial charge in [0.25, 0.3) is 0 Å². The van der Waals surface area contributed by atoms with Gasteiger partial charge in [0.05, 0.1) is 25.8 Å². The van der Waals surface area contributed by atoms with E-state index >= 15 is 0 Å². The van der Waals surface area contributed by atoms with Crippen LogP contribution in [0.3, 0.4) is 0 Å². The van der Waals surface area contributed by atoms with Crippen LogP contribution in [0.1, 0.15) is 5.89 Å². The van der Waals surface area contributed by atoms with E-state index in [1.807, 2.05) is 12.1 Å². The van der Waals surface area contributed by atoms with Gasteiger partial charge in [-0.3, -0.25) is 14.6 Å². The van der Waals surface area contributed by atoms with Crippen molar-refractivity contribution in [2.75, 3.05) is 19.7 Å². The number of nitrogens with zero attached hydrogens (tertiary/aromatic N) is 7. The van der Waals surface area contributed by atoms with E-state index in [2.05, 4.69) is 30.1 Å². The number of aromatic nitrogens is 6. The van der Waals surface area contributed by atoms with Gasteiger partial charge in [0.2, 0.25) is 11.7 Å². The van der Waals surface area contributed by atoms with Crippen molar-refractivity contribution in [2.24, 2.45) is 0 Å². The summed E-state index contributed by atoms with van der Waals surface area (Å²) in [6.07, 6.45) is 6.73. The van der Waals surface area contributed by atoms with Gasteiger partial charge in [-0.15, -0.1) is 0 Å². The second-order valence-corrected chi connectivity index (χ2v) is 5.60. The first kappa shape index (κ1) is 14.9. The number of hydrogen-bond acceptors (Lipinski definition) is 8. The Morgan fingerprint density at radius 1 is 1.29 bits per heavy atom. The molecule has 124 valence electrons. The van der Waals surface area contributed by atoms with Crippen LogP contribution >= 0.6 is 0 Å². The summed E-state index contributed by atoms with van der Waals surface area (Å²) in [5.41, 5.74) is 0.846. The predicted molar refractivity (Wildman–Crippen MR) is 82.6 cm³/mol. The maximum atomic E-state index is 5.79. The smallest absolute Gasteiger partial charge is 0.241 e. The second-order valence-electron chi connectivity index (χ2n) is 5.60. The largest absolute Gasteiger partial charge is 0.374 e. The van der Waals surface area contributed by atoms with Gasteiger partial charge in [0.1, 0.15) is 12.7 Å². The summed E-state index contributed by atoms with van der Waals surface area (Å²) in [7, 11) is 0. The summed E-state index contributed by atoms with van der Waals surface area (Å²) in [6, 6.07) is 3.76. The molecule has 9 nitrogen and oxygen atoms in total. The molecule has 0 spiro atoms. The molecule has 1 saturated heterocycles. The molecule has 4 heterocycles. The fourth-order valence-electron chi connectivity index (χ4n) is 2.69. The topological polar surface area (TPSA) is 95.0 Å². The van der Waals surface area contributed by atoms with Gasteiger partial charge in [0.15, 0.2) is 0 Å². The van der Waals surface area contributed by atoms with Crippen molar-refractivity contribution >= 4 is 0 Å². The molecular weight excluding hydrogens is 310 g/mol. The van der Waals surface area contributed by atoms with Gasteiger partial charge in [-0.2, -0.15) is 10.1 Å². The quantitative estimate of drug-likeness (QED) is 0.673. The molecule has 0 aliphatic carbocycles. The summed E-state index contributed by atoms with van der Waals surface area (Å²) < 4.78 is 12.9. The minimum atomic E-state index is 0.0705. The Morgan fingerprint density at radius 3 is 3.12 bits per heavy atom. The average molecular weight is 327 g/mol. The van der Waals surface area contributed by atoms with Crippen LogP contribution in [0, 0.1) is 0 Å². The van der Waals surface area contributed by atoms with Crippen molar-refractivity contribution in [1.29, 1.82) is 0 Å². The van der Waals surface area contributed by atoms with E-state index in [4.69, 9.17) is 9.26 Å². The van der Waals surface area contributed by atoms with Gasteiger partial charge < -0.3 is 9.26 Å². The normalized spacial score (nSPS) is 18.8. The highest BCUT2D eigenvalue weighted by molar-refractivity contribution is 5.51. The maximum absolute atomic E-state index is 5.79. The lowest BCUT2D eigenvalue weighted by atomic mass is 10.2. The standard InChI is InChI=1S/C15H17N7O2/c1-2-12(6-16-3-1)15-19-14(24-20-15)9-21-4-5-23-13(7-21)8-22-11-17-10-18-22/h1-3,6,10-11,13H,4-5,7-9H2/t13-/m0/s1. The molecule has 3 aromatic rings. The third-order valence-corrected chi connectivity index (χ3v) is 3.83. The van der Waals surface area contributed by atoms with Crippen molar-refractivity contribution in [3.8, 4) is 11.4 Å².